The van der Waals surface area contributed by atoms with Crippen molar-refractivity contribution in [1.29, 1.82) is 0 Å². The highest BCUT2D eigenvalue weighted by atomic mass is 32.2. The smallest absolute Gasteiger partial charge is 0.240 e. The quantitative estimate of drug-likeness (QED) is 0.685. The number of nitrogens with zero attached hydrogens (tertiary/aromatic N) is 1. The van der Waals surface area contributed by atoms with E-state index in [9.17, 15) is 12.8 Å². The highest BCUT2D eigenvalue weighted by Gasteiger charge is 2.15. The normalized spacial score (nSPS) is 11.5. The molecule has 0 saturated carbocycles. The van der Waals surface area contributed by atoms with Crippen LogP contribution in [0.25, 0.3) is 22.3 Å². The van der Waals surface area contributed by atoms with Gasteiger partial charge in [0.15, 0.2) is 0 Å². The number of primary sulfonamides is 1. The highest BCUT2D eigenvalue weighted by molar-refractivity contribution is 7.89. The molecule has 3 aromatic rings. The third-order valence-electron chi connectivity index (χ3n) is 3.87. The van der Waals surface area contributed by atoms with Crippen molar-refractivity contribution in [3.63, 3.8) is 0 Å². The first-order chi connectivity index (χ1) is 11.8. The lowest BCUT2D eigenvalue weighted by molar-refractivity contribution is 0.568. The van der Waals surface area contributed by atoms with Crippen molar-refractivity contribution in [2.75, 3.05) is 0 Å². The van der Waals surface area contributed by atoms with Crippen molar-refractivity contribution >= 4 is 22.7 Å². The standard InChI is InChI=1S/C18H15FN2O2S2/c1-11-14(3-2-8-21-11)15-6-4-13(10-17(15)24)12-5-7-18(16(19)9-12)25(20,22)23/h2-10,24H,1H3,(H2,20,22,23). The molecule has 128 valence electrons. The molecule has 25 heavy (non-hydrogen) atoms. The molecule has 2 aromatic carbocycles. The molecule has 0 unspecified atom stereocenters. The van der Waals surface area contributed by atoms with Crippen LogP contribution in [-0.2, 0) is 10.0 Å². The summed E-state index contributed by atoms with van der Waals surface area (Å²) in [7, 11) is -4.09. The second-order valence-corrected chi connectivity index (χ2v) is 7.57. The Bertz CT molecular complexity index is 1070. The Morgan fingerprint density at radius 1 is 1.04 bits per heavy atom. The van der Waals surface area contributed by atoms with Gasteiger partial charge in [-0.3, -0.25) is 4.98 Å². The number of benzene rings is 2. The lowest BCUT2D eigenvalue weighted by atomic mass is 9.99. The van der Waals surface area contributed by atoms with E-state index in [1.165, 1.54) is 6.07 Å². The molecule has 0 radical (unpaired) electrons. The fraction of sp³-hybridized carbons (Fsp3) is 0.0556. The summed E-state index contributed by atoms with van der Waals surface area (Å²) in [5.74, 6) is -0.882. The third kappa shape index (κ3) is 3.58. The van der Waals surface area contributed by atoms with Gasteiger partial charge in [-0.25, -0.2) is 17.9 Å². The van der Waals surface area contributed by atoms with Gasteiger partial charge >= 0.3 is 0 Å². The monoisotopic (exact) mass is 374 g/mol. The van der Waals surface area contributed by atoms with Crippen molar-refractivity contribution in [1.82, 2.24) is 4.98 Å². The Balaban J connectivity index is 2.05. The van der Waals surface area contributed by atoms with Crippen LogP contribution in [0.1, 0.15) is 5.69 Å². The van der Waals surface area contributed by atoms with Crippen molar-refractivity contribution in [3.05, 3.63) is 66.2 Å². The van der Waals surface area contributed by atoms with Crippen LogP contribution in [0.15, 0.2) is 64.5 Å². The Hall–Kier alpha value is -2.22. The molecule has 0 spiro atoms. The van der Waals surface area contributed by atoms with Gasteiger partial charge in [0, 0.05) is 22.3 Å². The fourth-order valence-corrected chi connectivity index (χ4v) is 3.54. The predicted octanol–water partition coefficient (Wildman–Crippen LogP) is 3.80. The molecule has 1 aromatic heterocycles. The van der Waals surface area contributed by atoms with Crippen LogP contribution in [0.4, 0.5) is 4.39 Å². The molecule has 0 amide bonds. The van der Waals surface area contributed by atoms with Gasteiger partial charge in [-0.2, -0.15) is 0 Å². The van der Waals surface area contributed by atoms with Crippen LogP contribution in [0.2, 0.25) is 0 Å². The van der Waals surface area contributed by atoms with Crippen LogP contribution in [0, 0.1) is 12.7 Å². The third-order valence-corrected chi connectivity index (χ3v) is 5.18. The average molecular weight is 374 g/mol. The zero-order valence-corrected chi connectivity index (χ0v) is 15.0. The van der Waals surface area contributed by atoms with Gasteiger partial charge in [0.25, 0.3) is 0 Å². The van der Waals surface area contributed by atoms with Gasteiger partial charge < -0.3 is 0 Å². The zero-order valence-electron chi connectivity index (χ0n) is 13.3. The number of nitrogens with two attached hydrogens (primary N) is 1. The molecular weight excluding hydrogens is 359 g/mol. The molecule has 3 rings (SSSR count). The lowest BCUT2D eigenvalue weighted by Crippen LogP contribution is -2.13. The van der Waals surface area contributed by atoms with E-state index in [-0.39, 0.29) is 0 Å². The summed E-state index contributed by atoms with van der Waals surface area (Å²) < 4.78 is 36.7. The molecule has 0 aliphatic heterocycles. The van der Waals surface area contributed by atoms with Crippen LogP contribution in [-0.4, -0.2) is 13.4 Å². The Kier molecular flexibility index (Phi) is 4.64. The van der Waals surface area contributed by atoms with Gasteiger partial charge in [-0.05, 0) is 47.9 Å². The largest absolute Gasteiger partial charge is 0.261 e. The number of rotatable bonds is 3. The maximum atomic E-state index is 14.0. The van der Waals surface area contributed by atoms with Gasteiger partial charge in [-0.1, -0.05) is 24.3 Å². The maximum absolute atomic E-state index is 14.0. The Labute approximate surface area is 151 Å². The zero-order chi connectivity index (χ0) is 18.2. The summed E-state index contributed by atoms with van der Waals surface area (Å²) in [4.78, 5) is 4.46. The molecule has 4 nitrogen and oxygen atoms in total. The van der Waals surface area contributed by atoms with Gasteiger partial charge in [0.1, 0.15) is 10.7 Å². The van der Waals surface area contributed by atoms with E-state index < -0.39 is 20.7 Å². The number of sulfonamides is 1. The number of aryl methyl sites for hydroxylation is 1. The Morgan fingerprint density at radius 3 is 2.32 bits per heavy atom. The minimum Gasteiger partial charge on any atom is -0.261 e. The number of halogens is 1. The number of hydrogen-bond donors (Lipinski definition) is 2. The summed E-state index contributed by atoms with van der Waals surface area (Å²) in [5, 5.41) is 4.98. The molecule has 7 heteroatoms. The first-order valence-corrected chi connectivity index (χ1v) is 9.34. The molecular formula is C18H15FN2O2S2. The minimum atomic E-state index is -4.09. The molecule has 0 bridgehead atoms. The molecule has 0 saturated heterocycles. The molecule has 0 aliphatic rings. The molecule has 0 fully saturated rings. The SMILES string of the molecule is Cc1ncccc1-c1ccc(-c2ccc(S(N)(=O)=O)c(F)c2)cc1S. The van der Waals surface area contributed by atoms with E-state index in [4.69, 9.17) is 5.14 Å². The number of hydrogen-bond acceptors (Lipinski definition) is 4. The molecule has 0 aliphatic carbocycles. The van der Waals surface area contributed by atoms with Crippen LogP contribution >= 0.6 is 12.6 Å². The lowest BCUT2D eigenvalue weighted by Gasteiger charge is -2.11. The number of thiol groups is 1. The first-order valence-electron chi connectivity index (χ1n) is 7.35. The van der Waals surface area contributed by atoms with E-state index >= 15 is 0 Å². The summed E-state index contributed by atoms with van der Waals surface area (Å²) in [6, 6.07) is 13.1. The summed E-state index contributed by atoms with van der Waals surface area (Å²) >= 11 is 4.53. The van der Waals surface area contributed by atoms with Gasteiger partial charge in [-0.15, -0.1) is 12.6 Å². The summed E-state index contributed by atoms with van der Waals surface area (Å²) in [6.45, 7) is 1.91. The number of pyridine rings is 1. The van der Waals surface area contributed by atoms with E-state index in [1.807, 2.05) is 31.2 Å². The topological polar surface area (TPSA) is 73.0 Å². The maximum Gasteiger partial charge on any atom is 0.240 e. The van der Waals surface area contributed by atoms with Crippen LogP contribution in [0.5, 0.6) is 0 Å². The average Bonchev–Trinajstić information content (AvgIpc) is 2.54. The summed E-state index contributed by atoms with van der Waals surface area (Å²) in [5.41, 5.74) is 4.02. The first kappa shape index (κ1) is 17.6. The fourth-order valence-electron chi connectivity index (χ4n) is 2.62. The predicted molar refractivity (Wildman–Crippen MR) is 98.4 cm³/mol. The van der Waals surface area contributed by atoms with Crippen molar-refractivity contribution in [2.24, 2.45) is 5.14 Å². The highest BCUT2D eigenvalue weighted by Crippen LogP contribution is 2.33. The molecule has 1 heterocycles. The molecule has 2 N–H and O–H groups in total. The van der Waals surface area contributed by atoms with E-state index in [0.717, 1.165) is 34.5 Å². The second-order valence-electron chi connectivity index (χ2n) is 5.56. The van der Waals surface area contributed by atoms with Crippen LogP contribution in [0.3, 0.4) is 0 Å². The minimum absolute atomic E-state index is 0.523. The van der Waals surface area contributed by atoms with Crippen LogP contribution < -0.4 is 5.14 Å². The second kappa shape index (κ2) is 6.59. The summed E-state index contributed by atoms with van der Waals surface area (Å²) in [6.07, 6.45) is 1.72. The van der Waals surface area contributed by atoms with E-state index in [2.05, 4.69) is 17.6 Å². The van der Waals surface area contributed by atoms with E-state index in [1.54, 1.807) is 12.3 Å². The van der Waals surface area contributed by atoms with Crippen molar-refractivity contribution in [2.45, 2.75) is 16.7 Å². The van der Waals surface area contributed by atoms with E-state index in [0.29, 0.717) is 10.5 Å². The van der Waals surface area contributed by atoms with Crippen molar-refractivity contribution in [3.8, 4) is 22.3 Å². The Morgan fingerprint density at radius 2 is 1.72 bits per heavy atom. The number of aromatic nitrogens is 1. The molecule has 0 atom stereocenters. The van der Waals surface area contributed by atoms with Crippen molar-refractivity contribution < 1.29 is 12.8 Å². The van der Waals surface area contributed by atoms with Gasteiger partial charge in [0.2, 0.25) is 10.0 Å². The van der Waals surface area contributed by atoms with Gasteiger partial charge in [0.05, 0.1) is 0 Å².